The Bertz CT molecular complexity index is 777. The molecule has 128 valence electrons. The zero-order valence-electron chi connectivity index (χ0n) is 14.6. The van der Waals surface area contributed by atoms with E-state index in [4.69, 9.17) is 13.9 Å². The van der Waals surface area contributed by atoms with Gasteiger partial charge in [-0.1, -0.05) is 30.0 Å². The summed E-state index contributed by atoms with van der Waals surface area (Å²) >= 11 is 0. The number of fused-ring (bicyclic) bond motifs is 1. The maximum absolute atomic E-state index is 11.6. The van der Waals surface area contributed by atoms with Crippen LogP contribution in [0.1, 0.15) is 32.8 Å². The molecule has 0 aliphatic heterocycles. The molecular weight excluding hydrogens is 304 g/mol. The predicted molar refractivity (Wildman–Crippen MR) is 95.1 cm³/mol. The van der Waals surface area contributed by atoms with E-state index in [2.05, 4.69) is 11.8 Å². The van der Waals surface area contributed by atoms with Gasteiger partial charge in [0.1, 0.15) is 12.2 Å². The zero-order valence-corrected chi connectivity index (χ0v) is 14.6. The number of para-hydroxylation sites is 1. The van der Waals surface area contributed by atoms with Crippen molar-refractivity contribution in [1.29, 1.82) is 0 Å². The molecule has 4 heteroatoms. The van der Waals surface area contributed by atoms with Gasteiger partial charge >= 0.3 is 5.63 Å². The van der Waals surface area contributed by atoms with E-state index in [-0.39, 0.29) is 11.2 Å². The van der Waals surface area contributed by atoms with E-state index in [9.17, 15) is 4.79 Å². The molecule has 0 saturated carbocycles. The molecule has 2 rings (SSSR count). The second kappa shape index (κ2) is 8.68. The summed E-state index contributed by atoms with van der Waals surface area (Å²) in [5, 5.41) is 0.921. The van der Waals surface area contributed by atoms with Crippen LogP contribution in [0.3, 0.4) is 0 Å². The summed E-state index contributed by atoms with van der Waals surface area (Å²) in [5.74, 6) is 6.09. The summed E-state index contributed by atoms with van der Waals surface area (Å²) in [6.45, 7) is 7.80. The van der Waals surface area contributed by atoms with E-state index in [1.807, 2.05) is 39.0 Å². The predicted octanol–water partition coefficient (Wildman–Crippen LogP) is 3.56. The van der Waals surface area contributed by atoms with Gasteiger partial charge in [-0.3, -0.25) is 0 Å². The van der Waals surface area contributed by atoms with Crippen LogP contribution in [0.4, 0.5) is 0 Å². The smallest absolute Gasteiger partial charge is 0.336 e. The third-order valence-electron chi connectivity index (χ3n) is 3.73. The summed E-state index contributed by atoms with van der Waals surface area (Å²) in [5.41, 5.74) is 0.864. The monoisotopic (exact) mass is 328 g/mol. The molecule has 0 aliphatic carbocycles. The van der Waals surface area contributed by atoms with Crippen LogP contribution in [0.15, 0.2) is 39.5 Å². The number of benzene rings is 1. The van der Waals surface area contributed by atoms with Gasteiger partial charge in [0.05, 0.1) is 5.60 Å². The molecule has 1 heterocycles. The second-order valence-corrected chi connectivity index (χ2v) is 6.11. The number of rotatable bonds is 7. The number of ether oxygens (including phenoxy) is 2. The van der Waals surface area contributed by atoms with Crippen molar-refractivity contribution in [1.82, 2.24) is 0 Å². The molecule has 0 aliphatic rings. The van der Waals surface area contributed by atoms with Crippen LogP contribution in [-0.2, 0) is 15.9 Å². The van der Waals surface area contributed by atoms with Crippen LogP contribution in [0.25, 0.3) is 11.0 Å². The van der Waals surface area contributed by atoms with Crippen molar-refractivity contribution < 1.29 is 13.9 Å². The van der Waals surface area contributed by atoms with E-state index in [1.54, 1.807) is 6.07 Å². The van der Waals surface area contributed by atoms with Gasteiger partial charge in [-0.05, 0) is 38.8 Å². The van der Waals surface area contributed by atoms with Gasteiger partial charge in [-0.25, -0.2) is 4.79 Å². The Kier molecular flexibility index (Phi) is 6.60. The molecular formula is C20H24O4. The molecule has 4 nitrogen and oxygen atoms in total. The van der Waals surface area contributed by atoms with Crippen molar-refractivity contribution in [2.24, 2.45) is 0 Å². The van der Waals surface area contributed by atoms with Crippen LogP contribution in [0.5, 0.6) is 0 Å². The van der Waals surface area contributed by atoms with Gasteiger partial charge in [0.25, 0.3) is 0 Å². The van der Waals surface area contributed by atoms with Crippen LogP contribution >= 0.6 is 0 Å². The van der Waals surface area contributed by atoms with Crippen molar-refractivity contribution in [3.05, 3.63) is 46.3 Å². The van der Waals surface area contributed by atoms with E-state index in [0.717, 1.165) is 24.0 Å². The Labute approximate surface area is 142 Å². The van der Waals surface area contributed by atoms with Gasteiger partial charge in [-0.15, -0.1) is 0 Å². The average Bonchev–Trinajstić information content (AvgIpc) is 2.54. The van der Waals surface area contributed by atoms with E-state index in [0.29, 0.717) is 25.2 Å². The molecule has 0 saturated heterocycles. The van der Waals surface area contributed by atoms with Crippen LogP contribution in [0.2, 0.25) is 0 Å². The highest BCUT2D eigenvalue weighted by molar-refractivity contribution is 5.80. The minimum atomic E-state index is -0.348. The summed E-state index contributed by atoms with van der Waals surface area (Å²) < 4.78 is 16.3. The summed E-state index contributed by atoms with van der Waals surface area (Å²) in [6, 6.07) is 8.99. The number of hydrogen-bond donors (Lipinski definition) is 0. The fourth-order valence-electron chi connectivity index (χ4n) is 2.30. The molecule has 0 N–H and O–H groups in total. The van der Waals surface area contributed by atoms with E-state index < -0.39 is 0 Å². The first-order valence-corrected chi connectivity index (χ1v) is 8.21. The second-order valence-electron chi connectivity index (χ2n) is 6.11. The summed E-state index contributed by atoms with van der Waals surface area (Å²) in [4.78, 5) is 11.6. The lowest BCUT2D eigenvalue weighted by Gasteiger charge is -2.23. The molecule has 0 spiro atoms. The normalized spacial score (nSPS) is 11.3. The highest BCUT2D eigenvalue weighted by Gasteiger charge is 2.17. The first-order valence-electron chi connectivity index (χ1n) is 8.21. The third-order valence-corrected chi connectivity index (χ3v) is 3.73. The van der Waals surface area contributed by atoms with Crippen molar-refractivity contribution in [2.75, 3.05) is 19.8 Å². The number of hydrogen-bond acceptors (Lipinski definition) is 4. The van der Waals surface area contributed by atoms with Crippen molar-refractivity contribution >= 4 is 11.0 Å². The lowest BCUT2D eigenvalue weighted by molar-refractivity contribution is -0.0241. The minimum absolute atomic E-state index is 0.260. The molecule has 0 radical (unpaired) electrons. The Morgan fingerprint density at radius 2 is 2.00 bits per heavy atom. The maximum atomic E-state index is 11.6. The molecule has 0 bridgehead atoms. The largest absolute Gasteiger partial charge is 0.423 e. The molecule has 24 heavy (non-hydrogen) atoms. The Morgan fingerprint density at radius 1 is 1.21 bits per heavy atom. The van der Waals surface area contributed by atoms with Crippen molar-refractivity contribution in [3.8, 4) is 11.8 Å². The standard InChI is InChI=1S/C20H24O4/c1-4-22-14-12-20(2,3)23-13-8-7-9-16-15-19(21)24-18-11-6-5-10-17(16)18/h5-6,10-11,15H,4,9,12-14H2,1-3H3. The minimum Gasteiger partial charge on any atom is -0.423 e. The van der Waals surface area contributed by atoms with Crippen LogP contribution < -0.4 is 5.63 Å². The Hall–Kier alpha value is -2.09. The fourth-order valence-corrected chi connectivity index (χ4v) is 2.30. The highest BCUT2D eigenvalue weighted by atomic mass is 16.5. The molecule has 0 fully saturated rings. The molecule has 0 amide bonds. The summed E-state index contributed by atoms with van der Waals surface area (Å²) in [7, 11) is 0. The van der Waals surface area contributed by atoms with Crippen LogP contribution in [-0.4, -0.2) is 25.4 Å². The van der Waals surface area contributed by atoms with Gasteiger partial charge in [-0.2, -0.15) is 0 Å². The Balaban J connectivity index is 1.93. The Morgan fingerprint density at radius 3 is 2.79 bits per heavy atom. The van der Waals surface area contributed by atoms with E-state index >= 15 is 0 Å². The van der Waals surface area contributed by atoms with E-state index in [1.165, 1.54) is 6.07 Å². The topological polar surface area (TPSA) is 48.7 Å². The molecule has 2 aromatic rings. The fraction of sp³-hybridized carbons (Fsp3) is 0.450. The maximum Gasteiger partial charge on any atom is 0.336 e. The lowest BCUT2D eigenvalue weighted by atomic mass is 10.1. The first-order chi connectivity index (χ1) is 11.5. The SMILES string of the molecule is CCOCCC(C)(C)OCC#CCc1cc(=O)oc2ccccc12. The molecule has 1 aromatic heterocycles. The lowest BCUT2D eigenvalue weighted by Crippen LogP contribution is -2.26. The van der Waals surface area contributed by atoms with Crippen LogP contribution in [0, 0.1) is 11.8 Å². The molecule has 0 unspecified atom stereocenters. The van der Waals surface area contributed by atoms with Gasteiger partial charge in [0.2, 0.25) is 0 Å². The molecule has 1 aromatic carbocycles. The van der Waals surface area contributed by atoms with Gasteiger partial charge in [0.15, 0.2) is 0 Å². The zero-order chi connectivity index (χ0) is 17.4. The third kappa shape index (κ3) is 5.52. The first kappa shape index (κ1) is 18.3. The van der Waals surface area contributed by atoms with Gasteiger partial charge < -0.3 is 13.9 Å². The van der Waals surface area contributed by atoms with Crippen molar-refractivity contribution in [3.63, 3.8) is 0 Å². The summed E-state index contributed by atoms with van der Waals surface area (Å²) in [6.07, 6.45) is 1.32. The molecule has 0 atom stereocenters. The van der Waals surface area contributed by atoms with Crippen molar-refractivity contribution in [2.45, 2.75) is 39.2 Å². The average molecular weight is 328 g/mol. The quantitative estimate of drug-likeness (QED) is 0.443. The van der Waals surface area contributed by atoms with Gasteiger partial charge in [0, 0.05) is 31.1 Å². The highest BCUT2D eigenvalue weighted by Crippen LogP contribution is 2.17.